The monoisotopic (exact) mass is 355 g/mol. The molecule has 7 heteroatoms. The SMILES string of the molecule is COC(=O)COc1ccc(/C=C2\N=C(c3cccc(F)c3)OC2=O)cc1. The number of esters is 2. The first kappa shape index (κ1) is 17.3. The zero-order valence-corrected chi connectivity index (χ0v) is 13.8. The summed E-state index contributed by atoms with van der Waals surface area (Å²) in [5.41, 5.74) is 1.17. The molecule has 0 atom stereocenters. The smallest absolute Gasteiger partial charge is 0.363 e. The average molecular weight is 355 g/mol. The third-order valence-electron chi connectivity index (χ3n) is 3.46. The molecule has 0 radical (unpaired) electrons. The Bertz CT molecular complexity index is 902. The number of halogens is 1. The van der Waals surface area contributed by atoms with Gasteiger partial charge in [-0.05, 0) is 42.0 Å². The van der Waals surface area contributed by atoms with Crippen molar-refractivity contribution in [3.63, 3.8) is 0 Å². The van der Waals surface area contributed by atoms with Crippen LogP contribution in [-0.2, 0) is 19.1 Å². The molecule has 0 saturated carbocycles. The Balaban J connectivity index is 1.74. The molecular weight excluding hydrogens is 341 g/mol. The lowest BCUT2D eigenvalue weighted by atomic mass is 10.2. The highest BCUT2D eigenvalue weighted by molar-refractivity contribution is 6.12. The van der Waals surface area contributed by atoms with Gasteiger partial charge < -0.3 is 14.2 Å². The van der Waals surface area contributed by atoms with Crippen LogP contribution in [0, 0.1) is 5.82 Å². The number of hydrogen-bond acceptors (Lipinski definition) is 6. The lowest BCUT2D eigenvalue weighted by Gasteiger charge is -2.04. The van der Waals surface area contributed by atoms with Gasteiger partial charge in [-0.2, -0.15) is 0 Å². The Hall–Kier alpha value is -3.48. The van der Waals surface area contributed by atoms with Crippen molar-refractivity contribution in [1.82, 2.24) is 0 Å². The number of ether oxygens (including phenoxy) is 3. The van der Waals surface area contributed by atoms with Crippen molar-refractivity contribution in [2.24, 2.45) is 4.99 Å². The summed E-state index contributed by atoms with van der Waals surface area (Å²) < 4.78 is 28.1. The Kier molecular flexibility index (Phi) is 5.07. The second-order valence-corrected chi connectivity index (χ2v) is 5.28. The largest absolute Gasteiger partial charge is 0.482 e. The van der Waals surface area contributed by atoms with Crippen molar-refractivity contribution < 1.29 is 28.2 Å². The maximum absolute atomic E-state index is 13.3. The molecule has 2 aromatic carbocycles. The molecule has 0 aromatic heterocycles. The topological polar surface area (TPSA) is 74.2 Å². The van der Waals surface area contributed by atoms with Crippen molar-refractivity contribution >= 4 is 23.9 Å². The minimum atomic E-state index is -0.615. The van der Waals surface area contributed by atoms with Gasteiger partial charge in [-0.3, -0.25) is 0 Å². The molecule has 26 heavy (non-hydrogen) atoms. The highest BCUT2D eigenvalue weighted by Crippen LogP contribution is 2.21. The predicted molar refractivity (Wildman–Crippen MR) is 91.0 cm³/mol. The molecule has 1 aliphatic heterocycles. The number of carbonyl (C=O) groups is 2. The van der Waals surface area contributed by atoms with Crippen LogP contribution in [0.1, 0.15) is 11.1 Å². The number of cyclic esters (lactones) is 1. The summed E-state index contributed by atoms with van der Waals surface area (Å²) in [5, 5.41) is 0. The summed E-state index contributed by atoms with van der Waals surface area (Å²) in [6, 6.07) is 12.3. The fourth-order valence-electron chi connectivity index (χ4n) is 2.17. The highest BCUT2D eigenvalue weighted by atomic mass is 19.1. The van der Waals surface area contributed by atoms with Crippen molar-refractivity contribution in [1.29, 1.82) is 0 Å². The van der Waals surface area contributed by atoms with E-state index in [4.69, 9.17) is 9.47 Å². The van der Waals surface area contributed by atoms with Crippen molar-refractivity contribution in [3.8, 4) is 5.75 Å². The molecule has 0 bridgehead atoms. The molecule has 0 aliphatic carbocycles. The minimum Gasteiger partial charge on any atom is -0.482 e. The van der Waals surface area contributed by atoms with Crippen LogP contribution in [0.15, 0.2) is 59.2 Å². The van der Waals surface area contributed by atoms with Gasteiger partial charge in [-0.15, -0.1) is 0 Å². The highest BCUT2D eigenvalue weighted by Gasteiger charge is 2.24. The van der Waals surface area contributed by atoms with Crippen LogP contribution in [-0.4, -0.2) is 31.6 Å². The summed E-state index contributed by atoms with van der Waals surface area (Å²) in [7, 11) is 1.28. The lowest BCUT2D eigenvalue weighted by molar-refractivity contribution is -0.143. The maximum atomic E-state index is 13.3. The van der Waals surface area contributed by atoms with Crippen molar-refractivity contribution in [3.05, 3.63) is 71.2 Å². The molecule has 1 aliphatic rings. The molecule has 0 saturated heterocycles. The number of rotatable bonds is 5. The van der Waals surface area contributed by atoms with Crippen LogP contribution in [0.5, 0.6) is 5.75 Å². The third-order valence-corrected chi connectivity index (χ3v) is 3.46. The summed E-state index contributed by atoms with van der Waals surface area (Å²) in [6.07, 6.45) is 1.54. The summed E-state index contributed by atoms with van der Waals surface area (Å²) in [5.74, 6) is -1.00. The molecule has 0 amide bonds. The zero-order chi connectivity index (χ0) is 18.5. The number of nitrogens with zero attached hydrogens (tertiary/aromatic N) is 1. The third kappa shape index (κ3) is 4.13. The van der Waals surface area contributed by atoms with E-state index in [-0.39, 0.29) is 18.2 Å². The van der Waals surface area contributed by atoms with Crippen LogP contribution >= 0.6 is 0 Å². The fraction of sp³-hybridized carbons (Fsp3) is 0.105. The zero-order valence-electron chi connectivity index (χ0n) is 13.8. The summed E-state index contributed by atoms with van der Waals surface area (Å²) >= 11 is 0. The average Bonchev–Trinajstić information content (AvgIpc) is 3.01. The molecule has 0 unspecified atom stereocenters. The van der Waals surface area contributed by atoms with E-state index >= 15 is 0 Å². The molecule has 0 spiro atoms. The number of carbonyl (C=O) groups excluding carboxylic acids is 2. The number of benzene rings is 2. The first-order valence-corrected chi connectivity index (χ1v) is 7.63. The minimum absolute atomic E-state index is 0.0544. The van der Waals surface area contributed by atoms with Crippen LogP contribution < -0.4 is 4.74 Å². The normalized spacial score (nSPS) is 14.8. The molecule has 1 heterocycles. The van der Waals surface area contributed by atoms with E-state index in [0.717, 1.165) is 0 Å². The van der Waals surface area contributed by atoms with Crippen LogP contribution in [0.3, 0.4) is 0 Å². The molecule has 2 aromatic rings. The van der Waals surface area contributed by atoms with Gasteiger partial charge in [-0.25, -0.2) is 19.0 Å². The standard InChI is InChI=1S/C19H14FNO5/c1-24-17(22)11-25-15-7-5-12(6-8-15)9-16-19(23)26-18(21-16)13-3-2-4-14(20)10-13/h2-10H,11H2,1H3/b16-9-. The van der Waals surface area contributed by atoms with Gasteiger partial charge in [-0.1, -0.05) is 18.2 Å². The van der Waals surface area contributed by atoms with Gasteiger partial charge in [0.15, 0.2) is 12.3 Å². The Morgan fingerprint density at radius 3 is 2.69 bits per heavy atom. The molecule has 6 nitrogen and oxygen atoms in total. The van der Waals surface area contributed by atoms with E-state index in [9.17, 15) is 14.0 Å². The lowest BCUT2D eigenvalue weighted by Crippen LogP contribution is -2.12. The Morgan fingerprint density at radius 1 is 1.23 bits per heavy atom. The molecule has 0 N–H and O–H groups in total. The van der Waals surface area contributed by atoms with Gasteiger partial charge in [0.25, 0.3) is 0 Å². The molecule has 0 fully saturated rings. The maximum Gasteiger partial charge on any atom is 0.363 e. The molecular formula is C19H14FNO5. The van der Waals surface area contributed by atoms with Gasteiger partial charge >= 0.3 is 11.9 Å². The Labute approximate surface area is 148 Å². The van der Waals surface area contributed by atoms with Crippen molar-refractivity contribution in [2.75, 3.05) is 13.7 Å². The van der Waals surface area contributed by atoms with E-state index < -0.39 is 17.8 Å². The van der Waals surface area contributed by atoms with E-state index in [0.29, 0.717) is 16.9 Å². The summed E-state index contributed by atoms with van der Waals surface area (Å²) in [6.45, 7) is -0.190. The first-order valence-electron chi connectivity index (χ1n) is 7.63. The first-order chi connectivity index (χ1) is 12.5. The van der Waals surface area contributed by atoms with Crippen molar-refractivity contribution in [2.45, 2.75) is 0 Å². The molecule has 132 valence electrons. The second kappa shape index (κ2) is 7.60. The fourth-order valence-corrected chi connectivity index (χ4v) is 2.17. The van der Waals surface area contributed by atoms with E-state index in [1.807, 2.05) is 0 Å². The van der Waals surface area contributed by atoms with Gasteiger partial charge in [0.05, 0.1) is 7.11 Å². The van der Waals surface area contributed by atoms with E-state index in [2.05, 4.69) is 9.73 Å². The van der Waals surface area contributed by atoms with Crippen LogP contribution in [0.25, 0.3) is 6.08 Å². The summed E-state index contributed by atoms with van der Waals surface area (Å²) in [4.78, 5) is 27.1. The molecule has 3 rings (SSSR count). The second-order valence-electron chi connectivity index (χ2n) is 5.28. The van der Waals surface area contributed by atoms with Crippen LogP contribution in [0.2, 0.25) is 0 Å². The van der Waals surface area contributed by atoms with Gasteiger partial charge in [0, 0.05) is 5.56 Å². The number of hydrogen-bond donors (Lipinski definition) is 0. The van der Waals surface area contributed by atoms with Crippen LogP contribution in [0.4, 0.5) is 4.39 Å². The quantitative estimate of drug-likeness (QED) is 0.609. The van der Waals surface area contributed by atoms with E-state index in [1.165, 1.54) is 25.3 Å². The van der Waals surface area contributed by atoms with E-state index in [1.54, 1.807) is 36.4 Å². The van der Waals surface area contributed by atoms with Gasteiger partial charge in [0.2, 0.25) is 5.90 Å². The number of methoxy groups -OCH3 is 1. The van der Waals surface area contributed by atoms with Gasteiger partial charge in [0.1, 0.15) is 11.6 Å². The number of aliphatic imine (C=N–C) groups is 1. The Morgan fingerprint density at radius 2 is 2.00 bits per heavy atom. The predicted octanol–water partition coefficient (Wildman–Crippen LogP) is 2.72.